The first kappa shape index (κ1) is 14.8. The second-order valence-corrected chi connectivity index (χ2v) is 4.78. The standard InChI is InChI=1S/C16H17NO4/c1-11-13(9-10-21-11)15(18)17-14(16(19)20)8-7-12-5-3-2-4-6-12/h2-6,9-10,14H,7-8H2,1H3,(H,17,18)(H,19,20). The predicted molar refractivity (Wildman–Crippen MR) is 77.1 cm³/mol. The summed E-state index contributed by atoms with van der Waals surface area (Å²) in [4.78, 5) is 23.3. The molecular formula is C16H17NO4. The first-order valence-electron chi connectivity index (χ1n) is 6.69. The van der Waals surface area contributed by atoms with E-state index in [0.29, 0.717) is 24.2 Å². The van der Waals surface area contributed by atoms with Crippen molar-refractivity contribution in [2.75, 3.05) is 0 Å². The van der Waals surface area contributed by atoms with Crippen LogP contribution in [0.15, 0.2) is 47.1 Å². The van der Waals surface area contributed by atoms with Crippen LogP contribution in [-0.2, 0) is 11.2 Å². The lowest BCUT2D eigenvalue weighted by Crippen LogP contribution is -2.41. The van der Waals surface area contributed by atoms with Crippen LogP contribution in [0.25, 0.3) is 0 Å². The van der Waals surface area contributed by atoms with Gasteiger partial charge in [0, 0.05) is 0 Å². The van der Waals surface area contributed by atoms with Crippen LogP contribution < -0.4 is 5.32 Å². The van der Waals surface area contributed by atoms with Crippen molar-refractivity contribution in [3.63, 3.8) is 0 Å². The molecule has 0 saturated carbocycles. The third-order valence-corrected chi connectivity index (χ3v) is 3.27. The first-order chi connectivity index (χ1) is 10.1. The fraction of sp³-hybridized carbons (Fsp3) is 0.250. The Morgan fingerprint density at radius 1 is 1.24 bits per heavy atom. The van der Waals surface area contributed by atoms with Crippen LogP contribution >= 0.6 is 0 Å². The van der Waals surface area contributed by atoms with Crippen LogP contribution in [0.5, 0.6) is 0 Å². The summed E-state index contributed by atoms with van der Waals surface area (Å²) in [5.41, 5.74) is 1.40. The average Bonchev–Trinajstić information content (AvgIpc) is 2.90. The van der Waals surface area contributed by atoms with Gasteiger partial charge in [-0.1, -0.05) is 30.3 Å². The van der Waals surface area contributed by atoms with E-state index < -0.39 is 17.9 Å². The Balaban J connectivity index is 1.98. The number of carbonyl (C=O) groups is 2. The maximum absolute atomic E-state index is 12.0. The Hall–Kier alpha value is -2.56. The predicted octanol–water partition coefficient (Wildman–Crippen LogP) is 2.40. The highest BCUT2D eigenvalue weighted by Gasteiger charge is 2.22. The minimum absolute atomic E-state index is 0.335. The molecule has 0 aliphatic rings. The van der Waals surface area contributed by atoms with Crippen molar-refractivity contribution in [1.29, 1.82) is 0 Å². The number of amides is 1. The van der Waals surface area contributed by atoms with E-state index in [-0.39, 0.29) is 0 Å². The zero-order valence-corrected chi connectivity index (χ0v) is 11.7. The molecule has 2 N–H and O–H groups in total. The topological polar surface area (TPSA) is 79.5 Å². The highest BCUT2D eigenvalue weighted by Crippen LogP contribution is 2.10. The lowest BCUT2D eigenvalue weighted by atomic mass is 10.0. The fourth-order valence-electron chi connectivity index (χ4n) is 2.07. The molecule has 0 saturated heterocycles. The third-order valence-electron chi connectivity index (χ3n) is 3.27. The molecule has 0 spiro atoms. The molecule has 5 nitrogen and oxygen atoms in total. The van der Waals surface area contributed by atoms with E-state index in [0.717, 1.165) is 5.56 Å². The smallest absolute Gasteiger partial charge is 0.326 e. The van der Waals surface area contributed by atoms with Crippen molar-refractivity contribution >= 4 is 11.9 Å². The average molecular weight is 287 g/mol. The van der Waals surface area contributed by atoms with Crippen molar-refractivity contribution < 1.29 is 19.1 Å². The molecule has 1 heterocycles. The van der Waals surface area contributed by atoms with Crippen molar-refractivity contribution in [3.8, 4) is 0 Å². The maximum atomic E-state index is 12.0. The van der Waals surface area contributed by atoms with E-state index in [1.807, 2.05) is 30.3 Å². The minimum atomic E-state index is -1.04. The summed E-state index contributed by atoms with van der Waals surface area (Å²) in [5.74, 6) is -0.998. The Morgan fingerprint density at radius 2 is 1.95 bits per heavy atom. The molecule has 0 bridgehead atoms. The maximum Gasteiger partial charge on any atom is 0.326 e. The second-order valence-electron chi connectivity index (χ2n) is 4.78. The monoisotopic (exact) mass is 287 g/mol. The number of carboxylic acid groups (broad SMARTS) is 1. The number of rotatable bonds is 6. The Bertz CT molecular complexity index is 618. The van der Waals surface area contributed by atoms with Gasteiger partial charge in [0.25, 0.3) is 5.91 Å². The van der Waals surface area contributed by atoms with Crippen LogP contribution in [0.4, 0.5) is 0 Å². The third kappa shape index (κ3) is 3.95. The summed E-state index contributed by atoms with van der Waals surface area (Å²) in [5, 5.41) is 11.8. The Morgan fingerprint density at radius 3 is 2.52 bits per heavy atom. The second kappa shape index (κ2) is 6.74. The van der Waals surface area contributed by atoms with Crippen LogP contribution in [0, 0.1) is 6.92 Å². The largest absolute Gasteiger partial charge is 0.480 e. The van der Waals surface area contributed by atoms with Gasteiger partial charge < -0.3 is 14.8 Å². The molecule has 2 rings (SSSR count). The van der Waals surface area contributed by atoms with Crippen LogP contribution in [-0.4, -0.2) is 23.0 Å². The first-order valence-corrected chi connectivity index (χ1v) is 6.69. The lowest BCUT2D eigenvalue weighted by Gasteiger charge is -2.14. The van der Waals surface area contributed by atoms with E-state index in [2.05, 4.69) is 5.32 Å². The fourth-order valence-corrected chi connectivity index (χ4v) is 2.07. The van der Waals surface area contributed by atoms with E-state index in [9.17, 15) is 14.7 Å². The molecule has 21 heavy (non-hydrogen) atoms. The summed E-state index contributed by atoms with van der Waals surface area (Å²) >= 11 is 0. The number of carbonyl (C=O) groups excluding carboxylic acids is 1. The minimum Gasteiger partial charge on any atom is -0.480 e. The molecule has 5 heteroatoms. The van der Waals surface area contributed by atoms with Crippen molar-refractivity contribution in [1.82, 2.24) is 5.32 Å². The molecule has 0 fully saturated rings. The van der Waals surface area contributed by atoms with Gasteiger partial charge in [0.1, 0.15) is 11.8 Å². The van der Waals surface area contributed by atoms with Crippen molar-refractivity contribution in [3.05, 3.63) is 59.5 Å². The molecule has 1 amide bonds. The number of furan rings is 1. The van der Waals surface area contributed by atoms with Crippen molar-refractivity contribution in [2.45, 2.75) is 25.8 Å². The van der Waals surface area contributed by atoms with Gasteiger partial charge in [0.15, 0.2) is 0 Å². The number of hydrogen-bond acceptors (Lipinski definition) is 3. The zero-order valence-electron chi connectivity index (χ0n) is 11.7. The zero-order chi connectivity index (χ0) is 15.2. The van der Waals surface area contributed by atoms with E-state index in [4.69, 9.17) is 4.42 Å². The van der Waals surface area contributed by atoms with Crippen LogP contribution in [0.1, 0.15) is 28.1 Å². The summed E-state index contributed by atoms with van der Waals surface area (Å²) in [6, 6.07) is 10.2. The van der Waals surface area contributed by atoms with Gasteiger partial charge in [-0.2, -0.15) is 0 Å². The molecule has 1 aromatic carbocycles. The summed E-state index contributed by atoms with van der Waals surface area (Å²) in [7, 11) is 0. The molecule has 2 aromatic rings. The summed E-state index contributed by atoms with van der Waals surface area (Å²) in [6.07, 6.45) is 2.33. The molecule has 0 aliphatic carbocycles. The number of aliphatic carboxylic acids is 1. The van der Waals surface area contributed by atoms with Gasteiger partial charge in [-0.05, 0) is 31.4 Å². The molecule has 0 aliphatic heterocycles. The summed E-state index contributed by atoms with van der Waals surface area (Å²) in [6.45, 7) is 1.66. The van der Waals surface area contributed by atoms with Gasteiger partial charge in [0.2, 0.25) is 0 Å². The number of hydrogen-bond donors (Lipinski definition) is 2. The van der Waals surface area contributed by atoms with E-state index in [1.165, 1.54) is 12.3 Å². The van der Waals surface area contributed by atoms with Crippen LogP contribution in [0.2, 0.25) is 0 Å². The van der Waals surface area contributed by atoms with E-state index >= 15 is 0 Å². The molecule has 1 unspecified atom stereocenters. The highest BCUT2D eigenvalue weighted by molar-refractivity contribution is 5.97. The van der Waals surface area contributed by atoms with Gasteiger partial charge >= 0.3 is 5.97 Å². The summed E-state index contributed by atoms with van der Waals surface area (Å²) < 4.78 is 5.05. The van der Waals surface area contributed by atoms with Gasteiger partial charge in [-0.15, -0.1) is 0 Å². The molecule has 1 atom stereocenters. The van der Waals surface area contributed by atoms with E-state index in [1.54, 1.807) is 6.92 Å². The Kier molecular flexibility index (Phi) is 4.77. The SMILES string of the molecule is Cc1occc1C(=O)NC(CCc1ccccc1)C(=O)O. The van der Waals surface area contributed by atoms with Crippen LogP contribution in [0.3, 0.4) is 0 Å². The van der Waals surface area contributed by atoms with Gasteiger partial charge in [-0.3, -0.25) is 4.79 Å². The van der Waals surface area contributed by atoms with Crippen molar-refractivity contribution in [2.24, 2.45) is 0 Å². The number of nitrogens with one attached hydrogen (secondary N) is 1. The number of aryl methyl sites for hydroxylation is 2. The number of benzene rings is 1. The molecule has 110 valence electrons. The molecule has 1 aromatic heterocycles. The van der Waals surface area contributed by atoms with Gasteiger partial charge in [-0.25, -0.2) is 4.79 Å². The molecule has 0 radical (unpaired) electrons. The quantitative estimate of drug-likeness (QED) is 0.855. The Labute approximate surface area is 122 Å². The number of carboxylic acids is 1. The molecular weight excluding hydrogens is 270 g/mol. The lowest BCUT2D eigenvalue weighted by molar-refractivity contribution is -0.139. The highest BCUT2D eigenvalue weighted by atomic mass is 16.4. The normalized spacial score (nSPS) is 11.9. The van der Waals surface area contributed by atoms with Gasteiger partial charge in [0.05, 0.1) is 11.8 Å².